The Morgan fingerprint density at radius 1 is 1.08 bits per heavy atom. The second kappa shape index (κ2) is 6.25. The van der Waals surface area contributed by atoms with Crippen LogP contribution in [0.2, 0.25) is 0 Å². The van der Waals surface area contributed by atoms with Gasteiger partial charge in [-0.1, -0.05) is 37.7 Å². The monoisotopic (exact) mass is 365 g/mol. The molecule has 0 amide bonds. The van der Waals surface area contributed by atoms with Crippen LogP contribution in [0.25, 0.3) is 22.4 Å². The number of rotatable bonds is 3. The van der Waals surface area contributed by atoms with Crippen LogP contribution in [0.15, 0.2) is 46.5 Å². The molecule has 0 N–H and O–H groups in total. The fourth-order valence-corrected chi connectivity index (χ4v) is 3.41. The van der Waals surface area contributed by atoms with Gasteiger partial charge in [-0.2, -0.15) is 9.50 Å². The van der Waals surface area contributed by atoms with Gasteiger partial charge in [0.25, 0.3) is 11.3 Å². The summed E-state index contributed by atoms with van der Waals surface area (Å²) >= 11 is 1.45. The Morgan fingerprint density at radius 2 is 1.81 bits per heavy atom. The Labute approximate surface area is 154 Å². The first kappa shape index (κ1) is 16.8. The summed E-state index contributed by atoms with van der Waals surface area (Å²) in [7, 11) is 0. The zero-order valence-corrected chi connectivity index (χ0v) is 15.9. The summed E-state index contributed by atoms with van der Waals surface area (Å²) in [4.78, 5) is 22.0. The molecule has 0 saturated heterocycles. The third-order valence-corrected chi connectivity index (χ3v) is 5.06. The van der Waals surface area contributed by atoms with Crippen molar-refractivity contribution >= 4 is 28.4 Å². The van der Waals surface area contributed by atoms with Crippen LogP contribution in [0.5, 0.6) is 0 Å². The van der Waals surface area contributed by atoms with E-state index in [1.165, 1.54) is 17.3 Å². The van der Waals surface area contributed by atoms with Crippen LogP contribution in [0.4, 0.5) is 0 Å². The first-order chi connectivity index (χ1) is 12.5. The van der Waals surface area contributed by atoms with Gasteiger partial charge in [-0.25, -0.2) is 4.98 Å². The summed E-state index contributed by atoms with van der Waals surface area (Å²) in [6.07, 6.45) is 3.70. The van der Waals surface area contributed by atoms with Gasteiger partial charge in [0.2, 0.25) is 5.16 Å². The van der Waals surface area contributed by atoms with E-state index >= 15 is 0 Å². The molecule has 0 bridgehead atoms. The summed E-state index contributed by atoms with van der Waals surface area (Å²) in [6.45, 7) is 6.14. The topological polar surface area (TPSA) is 65.1 Å². The van der Waals surface area contributed by atoms with Crippen LogP contribution in [0.1, 0.15) is 31.0 Å². The van der Waals surface area contributed by atoms with Crippen molar-refractivity contribution < 1.29 is 0 Å². The number of pyridine rings is 1. The van der Waals surface area contributed by atoms with E-state index in [0.717, 1.165) is 11.2 Å². The minimum Gasteiger partial charge on any atom is -0.284 e. The molecule has 26 heavy (non-hydrogen) atoms. The van der Waals surface area contributed by atoms with Gasteiger partial charge in [-0.05, 0) is 42.9 Å². The number of thioether (sulfide) groups is 1. The molecule has 0 aliphatic heterocycles. The third-order valence-electron chi connectivity index (χ3n) is 4.52. The van der Waals surface area contributed by atoms with Gasteiger partial charge < -0.3 is 0 Å². The molecule has 0 unspecified atom stereocenters. The molecule has 0 aliphatic rings. The van der Waals surface area contributed by atoms with Crippen LogP contribution in [-0.2, 0) is 0 Å². The Hall–Kier alpha value is -2.67. The van der Waals surface area contributed by atoms with Gasteiger partial charge in [-0.15, -0.1) is 5.10 Å². The summed E-state index contributed by atoms with van der Waals surface area (Å²) in [5, 5.41) is 5.63. The van der Waals surface area contributed by atoms with E-state index in [2.05, 4.69) is 41.0 Å². The molecule has 0 aliphatic carbocycles. The molecule has 7 heteroatoms. The SMILES string of the molecule is CSc1nc2nc(C)c3c(=O)n(-c4ccc(C(C)C)cc4)ccc3n2n1. The van der Waals surface area contributed by atoms with Crippen LogP contribution in [-0.4, -0.2) is 30.4 Å². The summed E-state index contributed by atoms with van der Waals surface area (Å²) < 4.78 is 3.29. The number of fused-ring (bicyclic) bond motifs is 3. The van der Waals surface area contributed by atoms with Crippen molar-refractivity contribution in [1.29, 1.82) is 0 Å². The number of nitrogens with zero attached hydrogens (tertiary/aromatic N) is 5. The highest BCUT2D eigenvalue weighted by molar-refractivity contribution is 7.98. The number of hydrogen-bond acceptors (Lipinski definition) is 5. The highest BCUT2D eigenvalue weighted by Crippen LogP contribution is 2.20. The molecule has 0 atom stereocenters. The van der Waals surface area contributed by atoms with Crippen LogP contribution >= 0.6 is 11.8 Å². The number of benzene rings is 1. The smallest absolute Gasteiger partial charge is 0.266 e. The summed E-state index contributed by atoms with van der Waals surface area (Å²) in [5.41, 5.74) is 3.36. The Kier molecular flexibility index (Phi) is 4.03. The second-order valence-corrected chi connectivity index (χ2v) is 7.28. The maximum Gasteiger partial charge on any atom is 0.266 e. The molecule has 4 aromatic rings. The number of aromatic nitrogens is 5. The molecule has 0 fully saturated rings. The van der Waals surface area contributed by atoms with Crippen LogP contribution in [0, 0.1) is 6.92 Å². The van der Waals surface area contributed by atoms with Crippen molar-refractivity contribution in [2.75, 3.05) is 6.26 Å². The highest BCUT2D eigenvalue weighted by Gasteiger charge is 2.15. The molecule has 132 valence electrons. The predicted octanol–water partition coefficient (Wildman–Crippen LogP) is 3.58. The highest BCUT2D eigenvalue weighted by atomic mass is 32.2. The fraction of sp³-hybridized carbons (Fsp3) is 0.263. The molecule has 1 aromatic carbocycles. The van der Waals surface area contributed by atoms with Gasteiger partial charge >= 0.3 is 0 Å². The lowest BCUT2D eigenvalue weighted by Crippen LogP contribution is -2.20. The Bertz CT molecular complexity index is 1170. The van der Waals surface area contributed by atoms with E-state index in [-0.39, 0.29) is 5.56 Å². The van der Waals surface area contributed by atoms with E-state index in [0.29, 0.717) is 27.9 Å². The number of aryl methyl sites for hydroxylation is 1. The quantitative estimate of drug-likeness (QED) is 0.519. The van der Waals surface area contributed by atoms with Gasteiger partial charge in [0.1, 0.15) is 0 Å². The lowest BCUT2D eigenvalue weighted by Gasteiger charge is -2.11. The minimum absolute atomic E-state index is 0.104. The molecule has 0 spiro atoms. The van der Waals surface area contributed by atoms with Crippen molar-refractivity contribution in [3.05, 3.63) is 58.1 Å². The molecule has 4 rings (SSSR count). The van der Waals surface area contributed by atoms with Crippen molar-refractivity contribution in [3.8, 4) is 5.69 Å². The standard InChI is InChI=1S/C19H19N5OS/c1-11(2)13-5-7-14(8-6-13)23-10-9-15-16(17(23)25)12(3)20-18-21-19(26-4)22-24(15)18/h5-11H,1-4H3. The van der Waals surface area contributed by atoms with E-state index in [4.69, 9.17) is 0 Å². The molecule has 3 aromatic heterocycles. The minimum atomic E-state index is -0.104. The predicted molar refractivity (Wildman–Crippen MR) is 104 cm³/mol. The maximum atomic E-state index is 13.1. The zero-order valence-electron chi connectivity index (χ0n) is 15.1. The van der Waals surface area contributed by atoms with Gasteiger partial charge in [0.05, 0.1) is 16.6 Å². The molecular weight excluding hydrogens is 346 g/mol. The third kappa shape index (κ3) is 2.59. The lowest BCUT2D eigenvalue weighted by atomic mass is 10.0. The fourth-order valence-electron chi connectivity index (χ4n) is 3.08. The molecule has 3 heterocycles. The Balaban J connectivity index is 1.96. The first-order valence-corrected chi connectivity index (χ1v) is 9.65. The maximum absolute atomic E-state index is 13.1. The summed E-state index contributed by atoms with van der Waals surface area (Å²) in [6, 6.07) is 9.98. The zero-order chi connectivity index (χ0) is 18.4. The lowest BCUT2D eigenvalue weighted by molar-refractivity contribution is 0.864. The second-order valence-electron chi connectivity index (χ2n) is 6.50. The van der Waals surface area contributed by atoms with Gasteiger partial charge in [-0.3, -0.25) is 9.36 Å². The van der Waals surface area contributed by atoms with Crippen molar-refractivity contribution in [1.82, 2.24) is 24.1 Å². The first-order valence-electron chi connectivity index (χ1n) is 8.42. The molecular formula is C19H19N5OS. The summed E-state index contributed by atoms with van der Waals surface area (Å²) in [5.74, 6) is 0.966. The average molecular weight is 365 g/mol. The average Bonchev–Trinajstić information content (AvgIpc) is 3.05. The molecule has 0 radical (unpaired) electrons. The van der Waals surface area contributed by atoms with Gasteiger partial charge in [0, 0.05) is 11.9 Å². The normalized spacial score (nSPS) is 11.7. The number of hydrogen-bond donors (Lipinski definition) is 0. The van der Waals surface area contributed by atoms with E-state index in [9.17, 15) is 4.79 Å². The van der Waals surface area contributed by atoms with Crippen LogP contribution < -0.4 is 5.56 Å². The van der Waals surface area contributed by atoms with Gasteiger partial charge in [0.15, 0.2) is 0 Å². The molecule has 6 nitrogen and oxygen atoms in total. The Morgan fingerprint density at radius 3 is 2.46 bits per heavy atom. The largest absolute Gasteiger partial charge is 0.284 e. The molecule has 0 saturated carbocycles. The van der Waals surface area contributed by atoms with Crippen LogP contribution in [0.3, 0.4) is 0 Å². The van der Waals surface area contributed by atoms with Crippen molar-refractivity contribution in [2.45, 2.75) is 31.8 Å². The van der Waals surface area contributed by atoms with Crippen molar-refractivity contribution in [3.63, 3.8) is 0 Å². The van der Waals surface area contributed by atoms with E-state index in [1.54, 1.807) is 15.3 Å². The van der Waals surface area contributed by atoms with E-state index < -0.39 is 0 Å². The van der Waals surface area contributed by atoms with Crippen molar-refractivity contribution in [2.24, 2.45) is 0 Å². The van der Waals surface area contributed by atoms with E-state index in [1.807, 2.05) is 31.4 Å².